The summed E-state index contributed by atoms with van der Waals surface area (Å²) < 4.78 is 33.2. The molecule has 6 nitrogen and oxygen atoms in total. The minimum Gasteiger partial charge on any atom is -0.496 e. The summed E-state index contributed by atoms with van der Waals surface area (Å²) in [5.41, 5.74) is 1.57. The Morgan fingerprint density at radius 1 is 1.27 bits per heavy atom. The molecule has 0 saturated carbocycles. The predicted molar refractivity (Wildman–Crippen MR) is 156 cm³/mol. The summed E-state index contributed by atoms with van der Waals surface area (Å²) in [5.74, 6) is -1.71. The van der Waals surface area contributed by atoms with Crippen molar-refractivity contribution in [1.82, 2.24) is 20.4 Å². The molecule has 2 aromatic carbocycles. The monoisotopic (exact) mass is 550 g/mol. The summed E-state index contributed by atoms with van der Waals surface area (Å²) >= 11 is 0. The number of carbonyl (C=O) groups is 1. The van der Waals surface area contributed by atoms with Gasteiger partial charge in [0.15, 0.2) is 0 Å². The summed E-state index contributed by atoms with van der Waals surface area (Å²) in [7, 11) is 1.38. The van der Waals surface area contributed by atoms with Gasteiger partial charge in [-0.05, 0) is 54.5 Å². The Morgan fingerprint density at radius 3 is 2.67 bits per heavy atom. The van der Waals surface area contributed by atoms with Gasteiger partial charge in [-0.1, -0.05) is 52.8 Å². The van der Waals surface area contributed by atoms with Gasteiger partial charge in [0, 0.05) is 36.2 Å². The normalized spacial score (nSPS) is 16.4. The standard InChI is InChI=1S/C32H40F2N4O2/c1-7-10-23(8-2)38-19-32(20-38,18-31(4,5)26-11-9-12-28-25(26)17-35-37-28)36-30(39)21(3)15-29(40-6)24-14-13-22(33)16-27(24)34/h9,11-17,23H,3,7-8,10,18-20H2,1-2,4-6H3,(H,35,37)(H,36,39)/b29-15-. The molecule has 0 aliphatic carbocycles. The van der Waals surface area contributed by atoms with Gasteiger partial charge in [-0.3, -0.25) is 14.8 Å². The van der Waals surface area contributed by atoms with Gasteiger partial charge in [0.2, 0.25) is 0 Å². The Bertz CT molecular complexity index is 1400. The topological polar surface area (TPSA) is 70.2 Å². The molecule has 4 rings (SSSR count). The molecule has 8 heteroatoms. The van der Waals surface area contributed by atoms with Crippen molar-refractivity contribution in [3.8, 4) is 0 Å². The van der Waals surface area contributed by atoms with E-state index < -0.39 is 17.2 Å². The maximum Gasteiger partial charge on any atom is 0.251 e. The maximum absolute atomic E-state index is 14.4. The van der Waals surface area contributed by atoms with Gasteiger partial charge >= 0.3 is 0 Å². The number of methoxy groups -OCH3 is 1. The van der Waals surface area contributed by atoms with E-state index in [0.29, 0.717) is 12.5 Å². The number of nitrogens with one attached hydrogen (secondary N) is 2. The second kappa shape index (κ2) is 11.9. The summed E-state index contributed by atoms with van der Waals surface area (Å²) in [5, 5.41) is 11.7. The third-order valence-electron chi connectivity index (χ3n) is 8.01. The largest absolute Gasteiger partial charge is 0.496 e. The van der Waals surface area contributed by atoms with E-state index in [1.807, 2.05) is 18.3 Å². The SMILES string of the molecule is C=C(/C=C(\OC)c1ccc(F)cc1F)C(=O)NC1(CC(C)(C)c2cccc3[nH]ncc23)CN(C(CC)CCC)C1. The molecule has 3 aromatic rings. The number of amides is 1. The molecule has 214 valence electrons. The van der Waals surface area contributed by atoms with Crippen LogP contribution in [0.25, 0.3) is 16.7 Å². The number of rotatable bonds is 12. The second-order valence-corrected chi connectivity index (χ2v) is 11.5. The zero-order chi connectivity index (χ0) is 29.1. The van der Waals surface area contributed by atoms with Crippen molar-refractivity contribution in [2.24, 2.45) is 0 Å². The number of nitrogens with zero attached hydrogens (tertiary/aromatic N) is 2. The molecule has 1 fully saturated rings. The van der Waals surface area contributed by atoms with Crippen LogP contribution >= 0.6 is 0 Å². The molecule has 1 amide bonds. The van der Waals surface area contributed by atoms with E-state index in [2.05, 4.69) is 60.8 Å². The van der Waals surface area contributed by atoms with Crippen LogP contribution < -0.4 is 5.32 Å². The van der Waals surface area contributed by atoms with E-state index in [1.54, 1.807) is 0 Å². The molecule has 0 bridgehead atoms. The van der Waals surface area contributed by atoms with Crippen LogP contribution in [0.3, 0.4) is 0 Å². The predicted octanol–water partition coefficient (Wildman–Crippen LogP) is 6.50. The number of ether oxygens (including phenoxy) is 1. The lowest BCUT2D eigenvalue weighted by molar-refractivity contribution is -0.123. The smallest absolute Gasteiger partial charge is 0.251 e. The molecule has 0 spiro atoms. The van der Waals surface area contributed by atoms with Gasteiger partial charge in [-0.15, -0.1) is 0 Å². The molecule has 1 aliphatic rings. The number of fused-ring (bicyclic) bond motifs is 1. The van der Waals surface area contributed by atoms with Gasteiger partial charge < -0.3 is 10.1 Å². The number of carbonyl (C=O) groups excluding carboxylic acids is 1. The summed E-state index contributed by atoms with van der Waals surface area (Å²) in [6.45, 7) is 14.2. The Balaban J connectivity index is 1.60. The quantitative estimate of drug-likeness (QED) is 0.153. The summed E-state index contributed by atoms with van der Waals surface area (Å²) in [6, 6.07) is 9.83. The lowest BCUT2D eigenvalue weighted by atomic mass is 9.69. The van der Waals surface area contributed by atoms with Gasteiger partial charge in [-0.2, -0.15) is 5.10 Å². The number of halogens is 2. The van der Waals surface area contributed by atoms with E-state index in [0.717, 1.165) is 55.4 Å². The Kier molecular flexibility index (Phi) is 8.78. The first-order valence-electron chi connectivity index (χ1n) is 13.9. The van der Waals surface area contributed by atoms with Crippen LogP contribution in [-0.2, 0) is 14.9 Å². The van der Waals surface area contributed by atoms with Crippen molar-refractivity contribution in [1.29, 1.82) is 0 Å². The van der Waals surface area contributed by atoms with Crippen molar-refractivity contribution in [2.75, 3.05) is 20.2 Å². The molecule has 1 unspecified atom stereocenters. The molecule has 0 radical (unpaired) electrons. The number of hydrogen-bond donors (Lipinski definition) is 2. The second-order valence-electron chi connectivity index (χ2n) is 11.5. The highest BCUT2D eigenvalue weighted by molar-refractivity contribution is 5.97. The van der Waals surface area contributed by atoms with Crippen molar-refractivity contribution in [2.45, 2.75) is 70.4 Å². The summed E-state index contributed by atoms with van der Waals surface area (Å²) in [4.78, 5) is 16.0. The maximum atomic E-state index is 14.4. The van der Waals surface area contributed by atoms with Crippen LogP contribution in [0, 0.1) is 11.6 Å². The van der Waals surface area contributed by atoms with Crippen LogP contribution in [0.15, 0.2) is 60.8 Å². The molecule has 40 heavy (non-hydrogen) atoms. The Morgan fingerprint density at radius 2 is 2.02 bits per heavy atom. The van der Waals surface area contributed by atoms with Crippen LogP contribution in [0.1, 0.15) is 64.5 Å². The molecular weight excluding hydrogens is 510 g/mol. The minimum absolute atomic E-state index is 0.0575. The summed E-state index contributed by atoms with van der Waals surface area (Å²) in [6.07, 6.45) is 7.21. The highest BCUT2D eigenvalue weighted by atomic mass is 19.1. The fourth-order valence-electron chi connectivity index (χ4n) is 6.18. The molecule has 2 heterocycles. The van der Waals surface area contributed by atoms with Crippen molar-refractivity contribution in [3.05, 3.63) is 83.6 Å². The average molecular weight is 551 g/mol. The van der Waals surface area contributed by atoms with Crippen molar-refractivity contribution < 1.29 is 18.3 Å². The Labute approximate surface area is 235 Å². The number of aromatic amines is 1. The zero-order valence-electron chi connectivity index (χ0n) is 24.1. The highest BCUT2D eigenvalue weighted by Crippen LogP contribution is 2.41. The van der Waals surface area contributed by atoms with Gasteiger partial charge in [-0.25, -0.2) is 8.78 Å². The van der Waals surface area contributed by atoms with Crippen LogP contribution in [-0.4, -0.2) is 52.8 Å². The number of H-pyrrole nitrogens is 1. The first kappa shape index (κ1) is 29.5. The van der Waals surface area contributed by atoms with E-state index in [1.165, 1.54) is 24.8 Å². The lowest BCUT2D eigenvalue weighted by Gasteiger charge is -2.56. The van der Waals surface area contributed by atoms with E-state index in [-0.39, 0.29) is 28.2 Å². The van der Waals surface area contributed by atoms with Crippen molar-refractivity contribution >= 4 is 22.6 Å². The number of aromatic nitrogens is 2. The molecule has 2 N–H and O–H groups in total. The van der Waals surface area contributed by atoms with E-state index in [9.17, 15) is 13.6 Å². The molecule has 1 saturated heterocycles. The zero-order valence-corrected chi connectivity index (χ0v) is 24.1. The van der Waals surface area contributed by atoms with E-state index in [4.69, 9.17) is 4.74 Å². The van der Waals surface area contributed by atoms with Crippen LogP contribution in [0.2, 0.25) is 0 Å². The Hall–Kier alpha value is -3.52. The minimum atomic E-state index is -0.774. The number of hydrogen-bond acceptors (Lipinski definition) is 4. The average Bonchev–Trinajstić information content (AvgIpc) is 3.37. The number of likely N-dealkylation sites (tertiary alicyclic amines) is 1. The molecular formula is C32H40F2N4O2. The first-order chi connectivity index (χ1) is 19.0. The van der Waals surface area contributed by atoms with E-state index >= 15 is 0 Å². The molecule has 1 aromatic heterocycles. The fraction of sp³-hybridized carbons (Fsp3) is 0.438. The number of benzene rings is 2. The molecule has 1 aliphatic heterocycles. The third-order valence-corrected chi connectivity index (χ3v) is 8.01. The first-order valence-corrected chi connectivity index (χ1v) is 13.9. The van der Waals surface area contributed by atoms with Crippen LogP contribution in [0.4, 0.5) is 8.78 Å². The highest BCUT2D eigenvalue weighted by Gasteiger charge is 2.49. The van der Waals surface area contributed by atoms with Gasteiger partial charge in [0.1, 0.15) is 17.4 Å². The lowest BCUT2D eigenvalue weighted by Crippen LogP contribution is -2.73. The van der Waals surface area contributed by atoms with Crippen molar-refractivity contribution in [3.63, 3.8) is 0 Å². The molecule has 1 atom stereocenters. The third kappa shape index (κ3) is 6.12. The fourth-order valence-corrected chi connectivity index (χ4v) is 6.18. The van der Waals surface area contributed by atoms with Gasteiger partial charge in [0.25, 0.3) is 5.91 Å². The van der Waals surface area contributed by atoms with Crippen LogP contribution in [0.5, 0.6) is 0 Å². The van der Waals surface area contributed by atoms with Gasteiger partial charge in [0.05, 0.1) is 29.9 Å².